The Labute approximate surface area is 91.4 Å². The molecule has 1 unspecified atom stereocenters. The molecule has 0 aliphatic rings. The van der Waals surface area contributed by atoms with Crippen molar-refractivity contribution in [1.29, 1.82) is 0 Å². The molecule has 0 saturated heterocycles. The molecule has 5 heteroatoms. The van der Waals surface area contributed by atoms with E-state index in [1.807, 2.05) is 0 Å². The molecular weight excluding hydrogens is 226 g/mol. The molecule has 0 aliphatic heterocycles. The van der Waals surface area contributed by atoms with Crippen LogP contribution in [0.15, 0.2) is 6.07 Å². The Morgan fingerprint density at radius 2 is 2.13 bits per heavy atom. The van der Waals surface area contributed by atoms with Crippen molar-refractivity contribution in [2.24, 2.45) is 0 Å². The summed E-state index contributed by atoms with van der Waals surface area (Å²) in [5.74, 6) is -2.01. The normalized spacial score (nSPS) is 12.7. The second kappa shape index (κ2) is 4.77. The van der Waals surface area contributed by atoms with Crippen LogP contribution in [0.4, 0.5) is 8.78 Å². The van der Waals surface area contributed by atoms with Gasteiger partial charge in [0.15, 0.2) is 11.6 Å². The second-order valence-corrected chi connectivity index (χ2v) is 3.63. The Morgan fingerprint density at radius 1 is 1.53 bits per heavy atom. The minimum absolute atomic E-state index is 0.00736. The summed E-state index contributed by atoms with van der Waals surface area (Å²) < 4.78 is 31.2. The molecule has 1 aromatic carbocycles. The van der Waals surface area contributed by atoms with Crippen LogP contribution in [0, 0.1) is 11.6 Å². The van der Waals surface area contributed by atoms with Crippen molar-refractivity contribution >= 4 is 11.6 Å². The van der Waals surface area contributed by atoms with E-state index >= 15 is 0 Å². The summed E-state index contributed by atoms with van der Waals surface area (Å²) in [6, 6.07) is 0.848. The molecule has 0 aromatic heterocycles. The van der Waals surface area contributed by atoms with Crippen molar-refractivity contribution in [3.63, 3.8) is 0 Å². The first-order valence-corrected chi connectivity index (χ1v) is 4.73. The summed E-state index contributed by atoms with van der Waals surface area (Å²) >= 11 is 5.68. The predicted octanol–water partition coefficient (Wildman–Crippen LogP) is 2.55. The zero-order chi connectivity index (χ0) is 11.6. The fourth-order valence-corrected chi connectivity index (χ4v) is 1.61. The van der Waals surface area contributed by atoms with Gasteiger partial charge in [0.2, 0.25) is 0 Å². The van der Waals surface area contributed by atoms with Crippen LogP contribution in [0.5, 0.6) is 5.75 Å². The minimum Gasteiger partial charge on any atom is -0.495 e. The van der Waals surface area contributed by atoms with Gasteiger partial charge in [-0.2, -0.15) is 0 Å². The Bertz CT molecular complexity index is 367. The van der Waals surface area contributed by atoms with Crippen LogP contribution in [-0.4, -0.2) is 18.3 Å². The lowest BCUT2D eigenvalue weighted by Gasteiger charge is -2.13. The Morgan fingerprint density at radius 3 is 2.60 bits per heavy atom. The zero-order valence-electron chi connectivity index (χ0n) is 8.35. The van der Waals surface area contributed by atoms with Gasteiger partial charge in [-0.05, 0) is 13.0 Å². The van der Waals surface area contributed by atoms with E-state index in [0.29, 0.717) is 0 Å². The number of aliphatic hydroxyl groups is 1. The molecule has 2 nitrogen and oxygen atoms in total. The Balaban J connectivity index is 3.30. The van der Waals surface area contributed by atoms with E-state index in [2.05, 4.69) is 0 Å². The van der Waals surface area contributed by atoms with Gasteiger partial charge in [0, 0.05) is 12.0 Å². The fraction of sp³-hybridized carbons (Fsp3) is 0.400. The van der Waals surface area contributed by atoms with Gasteiger partial charge < -0.3 is 9.84 Å². The van der Waals surface area contributed by atoms with Crippen molar-refractivity contribution in [2.45, 2.75) is 19.4 Å². The first-order chi connectivity index (χ1) is 6.97. The Hall–Kier alpha value is -0.870. The summed E-state index contributed by atoms with van der Waals surface area (Å²) in [4.78, 5) is 0. The van der Waals surface area contributed by atoms with Crippen molar-refractivity contribution < 1.29 is 18.6 Å². The lowest BCUT2D eigenvalue weighted by atomic mass is 10.1. The highest BCUT2D eigenvalue weighted by molar-refractivity contribution is 6.32. The quantitative estimate of drug-likeness (QED) is 0.818. The van der Waals surface area contributed by atoms with E-state index < -0.39 is 17.7 Å². The third-order valence-corrected chi connectivity index (χ3v) is 2.20. The van der Waals surface area contributed by atoms with Crippen molar-refractivity contribution in [2.75, 3.05) is 7.11 Å². The zero-order valence-corrected chi connectivity index (χ0v) is 9.11. The van der Waals surface area contributed by atoms with E-state index in [1.54, 1.807) is 0 Å². The summed E-state index contributed by atoms with van der Waals surface area (Å²) in [5, 5.41) is 9.14. The van der Waals surface area contributed by atoms with Crippen LogP contribution in [0.3, 0.4) is 0 Å². The minimum atomic E-state index is -1.04. The first kappa shape index (κ1) is 12.2. The maximum atomic E-state index is 13.4. The fourth-order valence-electron chi connectivity index (χ4n) is 1.33. The molecule has 84 valence electrons. The van der Waals surface area contributed by atoms with Crippen LogP contribution in [0.25, 0.3) is 0 Å². The van der Waals surface area contributed by atoms with Crippen LogP contribution >= 0.6 is 11.6 Å². The van der Waals surface area contributed by atoms with Crippen LogP contribution in [-0.2, 0) is 6.42 Å². The third kappa shape index (κ3) is 2.58. The predicted molar refractivity (Wildman–Crippen MR) is 53.3 cm³/mol. The molecule has 0 fully saturated rings. The van der Waals surface area contributed by atoms with E-state index in [4.69, 9.17) is 21.4 Å². The summed E-state index contributed by atoms with van der Waals surface area (Å²) in [6.45, 7) is 1.47. The number of halogens is 3. The average Bonchev–Trinajstić information content (AvgIpc) is 2.13. The molecule has 0 saturated carbocycles. The number of hydrogen-bond acceptors (Lipinski definition) is 2. The highest BCUT2D eigenvalue weighted by Gasteiger charge is 2.19. The molecule has 15 heavy (non-hydrogen) atoms. The van der Waals surface area contributed by atoms with Gasteiger partial charge in [0.25, 0.3) is 0 Å². The van der Waals surface area contributed by atoms with Crippen LogP contribution < -0.4 is 4.74 Å². The molecule has 1 aromatic rings. The second-order valence-electron chi connectivity index (χ2n) is 3.22. The molecule has 1 atom stereocenters. The van der Waals surface area contributed by atoms with E-state index in [1.165, 1.54) is 14.0 Å². The summed E-state index contributed by atoms with van der Waals surface area (Å²) in [5.41, 5.74) is -0.0440. The van der Waals surface area contributed by atoms with E-state index in [0.717, 1.165) is 6.07 Å². The summed E-state index contributed by atoms with van der Waals surface area (Å²) in [7, 11) is 1.31. The van der Waals surface area contributed by atoms with Crippen molar-refractivity contribution in [3.05, 3.63) is 28.3 Å². The number of rotatable bonds is 3. The maximum absolute atomic E-state index is 13.4. The van der Waals surface area contributed by atoms with Gasteiger partial charge in [-0.1, -0.05) is 11.6 Å². The molecule has 0 spiro atoms. The summed E-state index contributed by atoms with van der Waals surface area (Å²) in [6.07, 6.45) is -0.849. The average molecular weight is 237 g/mol. The Kier molecular flexibility index (Phi) is 3.88. The topological polar surface area (TPSA) is 29.5 Å². The highest BCUT2D eigenvalue weighted by atomic mass is 35.5. The number of aliphatic hydroxyl groups excluding tert-OH is 1. The molecule has 0 aliphatic carbocycles. The van der Waals surface area contributed by atoms with Crippen molar-refractivity contribution in [1.82, 2.24) is 0 Å². The number of hydrogen-bond donors (Lipinski definition) is 1. The van der Waals surface area contributed by atoms with Crippen molar-refractivity contribution in [3.8, 4) is 5.75 Å². The molecule has 0 bridgehead atoms. The first-order valence-electron chi connectivity index (χ1n) is 4.35. The molecule has 0 heterocycles. The van der Waals surface area contributed by atoms with Gasteiger partial charge in [0.05, 0.1) is 18.2 Å². The van der Waals surface area contributed by atoms with E-state index in [9.17, 15) is 8.78 Å². The monoisotopic (exact) mass is 236 g/mol. The highest BCUT2D eigenvalue weighted by Crippen LogP contribution is 2.33. The van der Waals surface area contributed by atoms with E-state index in [-0.39, 0.29) is 22.8 Å². The van der Waals surface area contributed by atoms with Gasteiger partial charge in [-0.15, -0.1) is 0 Å². The lowest BCUT2D eigenvalue weighted by Crippen LogP contribution is -2.09. The molecular formula is C10H11ClF2O2. The van der Waals surface area contributed by atoms with Gasteiger partial charge >= 0.3 is 0 Å². The smallest absolute Gasteiger partial charge is 0.165 e. The standard InChI is InChI=1S/C10H11ClF2O2/c1-5(14)3-6-9(13)8(12)4-7(11)10(6)15-2/h4-5,14H,3H2,1-2H3. The SMILES string of the molecule is COc1c(Cl)cc(F)c(F)c1CC(C)O. The van der Waals surface area contributed by atoms with Crippen LogP contribution in [0.2, 0.25) is 5.02 Å². The third-order valence-electron chi connectivity index (χ3n) is 1.92. The molecule has 1 N–H and O–H groups in total. The van der Waals surface area contributed by atoms with Gasteiger partial charge in [-0.25, -0.2) is 8.78 Å². The van der Waals surface area contributed by atoms with Gasteiger partial charge in [-0.3, -0.25) is 0 Å². The number of methoxy groups -OCH3 is 1. The van der Waals surface area contributed by atoms with Crippen LogP contribution in [0.1, 0.15) is 12.5 Å². The largest absolute Gasteiger partial charge is 0.495 e. The number of benzene rings is 1. The maximum Gasteiger partial charge on any atom is 0.165 e. The van der Waals surface area contributed by atoms with Gasteiger partial charge in [0.1, 0.15) is 5.75 Å². The molecule has 0 radical (unpaired) electrons. The number of ether oxygens (including phenoxy) is 1. The molecule has 1 rings (SSSR count). The lowest BCUT2D eigenvalue weighted by molar-refractivity contribution is 0.192. The molecule has 0 amide bonds.